The second kappa shape index (κ2) is 21.6. The van der Waals surface area contributed by atoms with Gasteiger partial charge in [0.05, 0.1) is 18.8 Å². The van der Waals surface area contributed by atoms with Crippen molar-refractivity contribution >= 4 is 5.91 Å². The van der Waals surface area contributed by atoms with Crippen LogP contribution in [0.1, 0.15) is 110 Å². The van der Waals surface area contributed by atoms with Gasteiger partial charge in [0.2, 0.25) is 5.91 Å². The topological polar surface area (TPSA) is 69.6 Å². The maximum atomic E-state index is 12.0. The van der Waals surface area contributed by atoms with Crippen LogP contribution in [0.4, 0.5) is 0 Å². The molecule has 0 aromatic rings. The predicted molar refractivity (Wildman–Crippen MR) is 124 cm³/mol. The van der Waals surface area contributed by atoms with Crippen molar-refractivity contribution in [3.8, 4) is 0 Å². The number of carbonyl (C=O) groups is 1. The number of hydrogen-bond donors (Lipinski definition) is 3. The average Bonchev–Trinajstić information content (AvgIpc) is 2.72. The molecule has 0 spiro atoms. The highest BCUT2D eigenvalue weighted by Crippen LogP contribution is 2.09. The van der Waals surface area contributed by atoms with Gasteiger partial charge in [0.25, 0.3) is 0 Å². The SMILES string of the molecule is CCCC/C=C/C(O)C(CO)NC(=O)CCCCCCC/C=C\CCCCCC. The highest BCUT2D eigenvalue weighted by Gasteiger charge is 2.17. The average molecular weight is 410 g/mol. The van der Waals surface area contributed by atoms with Gasteiger partial charge in [-0.1, -0.05) is 89.5 Å². The van der Waals surface area contributed by atoms with Crippen molar-refractivity contribution in [3.05, 3.63) is 24.3 Å². The van der Waals surface area contributed by atoms with Crippen LogP contribution in [-0.4, -0.2) is 34.9 Å². The molecule has 2 unspecified atom stereocenters. The van der Waals surface area contributed by atoms with Crippen LogP contribution in [0, 0.1) is 0 Å². The minimum Gasteiger partial charge on any atom is -0.394 e. The van der Waals surface area contributed by atoms with E-state index in [1.54, 1.807) is 6.08 Å². The molecule has 0 aliphatic heterocycles. The van der Waals surface area contributed by atoms with Crippen molar-refractivity contribution in [1.29, 1.82) is 0 Å². The molecule has 0 aliphatic carbocycles. The number of aliphatic hydroxyl groups excluding tert-OH is 2. The van der Waals surface area contributed by atoms with E-state index in [1.165, 1.54) is 44.9 Å². The number of hydrogen-bond acceptors (Lipinski definition) is 3. The van der Waals surface area contributed by atoms with E-state index in [2.05, 4.69) is 31.3 Å². The Morgan fingerprint density at radius 3 is 1.97 bits per heavy atom. The van der Waals surface area contributed by atoms with Gasteiger partial charge in [0, 0.05) is 6.42 Å². The van der Waals surface area contributed by atoms with Gasteiger partial charge in [-0.15, -0.1) is 0 Å². The van der Waals surface area contributed by atoms with E-state index in [0.717, 1.165) is 44.9 Å². The molecule has 0 saturated heterocycles. The third-order valence-electron chi connectivity index (χ3n) is 5.18. The first-order chi connectivity index (χ1) is 14.2. The van der Waals surface area contributed by atoms with E-state index in [0.29, 0.717) is 6.42 Å². The lowest BCUT2D eigenvalue weighted by Gasteiger charge is -2.19. The Hall–Kier alpha value is -1.13. The smallest absolute Gasteiger partial charge is 0.220 e. The number of nitrogens with one attached hydrogen (secondary N) is 1. The highest BCUT2D eigenvalue weighted by molar-refractivity contribution is 5.76. The van der Waals surface area contributed by atoms with Gasteiger partial charge in [-0.25, -0.2) is 0 Å². The zero-order valence-corrected chi connectivity index (χ0v) is 19.1. The first kappa shape index (κ1) is 27.9. The molecule has 0 aromatic carbocycles. The summed E-state index contributed by atoms with van der Waals surface area (Å²) in [5.41, 5.74) is 0. The van der Waals surface area contributed by atoms with Gasteiger partial charge >= 0.3 is 0 Å². The standard InChI is InChI=1S/C25H47NO3/c1-3-5-7-9-10-11-12-13-14-15-16-17-19-21-25(29)26-23(22-27)24(28)20-18-8-6-4-2/h11-12,18,20,23-24,27-28H,3-10,13-17,19,21-22H2,1-2H3,(H,26,29)/b12-11-,20-18+. The number of unbranched alkanes of at least 4 members (excludes halogenated alkanes) is 11. The zero-order chi connectivity index (χ0) is 21.6. The summed E-state index contributed by atoms with van der Waals surface area (Å²) in [5, 5.41) is 22.2. The van der Waals surface area contributed by atoms with E-state index in [-0.39, 0.29) is 12.5 Å². The van der Waals surface area contributed by atoms with E-state index in [1.807, 2.05) is 6.08 Å². The van der Waals surface area contributed by atoms with Crippen LogP contribution in [-0.2, 0) is 4.79 Å². The first-order valence-corrected chi connectivity index (χ1v) is 12.1. The van der Waals surface area contributed by atoms with Gasteiger partial charge in [-0.05, 0) is 38.5 Å². The lowest BCUT2D eigenvalue weighted by atomic mass is 10.1. The summed E-state index contributed by atoms with van der Waals surface area (Å²) in [6, 6.07) is -0.617. The maximum absolute atomic E-state index is 12.0. The molecule has 0 aliphatic rings. The van der Waals surface area contributed by atoms with Crippen LogP contribution < -0.4 is 5.32 Å². The van der Waals surface area contributed by atoms with Crippen molar-refractivity contribution < 1.29 is 15.0 Å². The summed E-state index contributed by atoms with van der Waals surface area (Å²) < 4.78 is 0. The van der Waals surface area contributed by atoms with Crippen LogP contribution >= 0.6 is 0 Å². The Morgan fingerprint density at radius 2 is 1.34 bits per heavy atom. The fraction of sp³-hybridized carbons (Fsp3) is 0.800. The van der Waals surface area contributed by atoms with E-state index in [4.69, 9.17) is 0 Å². The highest BCUT2D eigenvalue weighted by atomic mass is 16.3. The number of allylic oxidation sites excluding steroid dienone is 3. The quantitative estimate of drug-likeness (QED) is 0.175. The van der Waals surface area contributed by atoms with Gasteiger partial charge in [0.1, 0.15) is 0 Å². The van der Waals surface area contributed by atoms with E-state index < -0.39 is 12.1 Å². The Kier molecular flexibility index (Phi) is 20.7. The molecule has 0 heterocycles. The van der Waals surface area contributed by atoms with Crippen molar-refractivity contribution in [1.82, 2.24) is 5.32 Å². The fourth-order valence-corrected chi connectivity index (χ4v) is 3.21. The number of carbonyl (C=O) groups excluding carboxylic acids is 1. The molecule has 4 heteroatoms. The monoisotopic (exact) mass is 409 g/mol. The minimum atomic E-state index is -0.833. The summed E-state index contributed by atoms with van der Waals surface area (Å²) in [7, 11) is 0. The Balaban J connectivity index is 3.67. The van der Waals surface area contributed by atoms with Crippen molar-refractivity contribution in [2.75, 3.05) is 6.61 Å². The predicted octanol–water partition coefficient (Wildman–Crippen LogP) is 5.83. The second-order valence-corrected chi connectivity index (χ2v) is 8.04. The lowest BCUT2D eigenvalue weighted by Crippen LogP contribution is -2.45. The van der Waals surface area contributed by atoms with Crippen LogP contribution in [0.3, 0.4) is 0 Å². The Morgan fingerprint density at radius 1 is 0.793 bits per heavy atom. The van der Waals surface area contributed by atoms with Crippen LogP contribution in [0.15, 0.2) is 24.3 Å². The van der Waals surface area contributed by atoms with Crippen molar-refractivity contribution in [2.45, 2.75) is 122 Å². The maximum Gasteiger partial charge on any atom is 0.220 e. The van der Waals surface area contributed by atoms with Gasteiger partial charge < -0.3 is 15.5 Å². The fourth-order valence-electron chi connectivity index (χ4n) is 3.21. The summed E-state index contributed by atoms with van der Waals surface area (Å²) in [4.78, 5) is 12.0. The molecule has 170 valence electrons. The van der Waals surface area contributed by atoms with E-state index >= 15 is 0 Å². The third kappa shape index (κ3) is 18.6. The zero-order valence-electron chi connectivity index (χ0n) is 19.1. The molecule has 0 saturated carbocycles. The van der Waals surface area contributed by atoms with Crippen LogP contribution in [0.25, 0.3) is 0 Å². The Labute approximate surface area is 179 Å². The normalized spacial score (nSPS) is 13.9. The Bertz CT molecular complexity index is 420. The van der Waals surface area contributed by atoms with E-state index in [9.17, 15) is 15.0 Å². The molecule has 0 rings (SSSR count). The molecule has 0 fully saturated rings. The van der Waals surface area contributed by atoms with Gasteiger partial charge in [0.15, 0.2) is 0 Å². The molecule has 0 radical (unpaired) electrons. The molecule has 4 nitrogen and oxygen atoms in total. The van der Waals surface area contributed by atoms with Crippen molar-refractivity contribution in [2.24, 2.45) is 0 Å². The summed E-state index contributed by atoms with van der Waals surface area (Å²) in [5.74, 6) is -0.0870. The molecular weight excluding hydrogens is 362 g/mol. The molecule has 1 amide bonds. The molecule has 2 atom stereocenters. The second-order valence-electron chi connectivity index (χ2n) is 8.04. The molecule has 0 aromatic heterocycles. The first-order valence-electron chi connectivity index (χ1n) is 12.1. The summed E-state index contributed by atoms with van der Waals surface area (Å²) >= 11 is 0. The number of rotatable bonds is 20. The van der Waals surface area contributed by atoms with Gasteiger partial charge in [-0.2, -0.15) is 0 Å². The van der Waals surface area contributed by atoms with Crippen molar-refractivity contribution in [3.63, 3.8) is 0 Å². The summed E-state index contributed by atoms with van der Waals surface area (Å²) in [6.07, 6.45) is 24.2. The van der Waals surface area contributed by atoms with Crippen LogP contribution in [0.2, 0.25) is 0 Å². The molecule has 0 bridgehead atoms. The van der Waals surface area contributed by atoms with Crippen LogP contribution in [0.5, 0.6) is 0 Å². The van der Waals surface area contributed by atoms with Gasteiger partial charge in [-0.3, -0.25) is 4.79 Å². The minimum absolute atomic E-state index is 0.0870. The number of aliphatic hydroxyl groups is 2. The summed E-state index contributed by atoms with van der Waals surface area (Å²) in [6.45, 7) is 4.11. The molecular formula is C25H47NO3. The molecule has 29 heavy (non-hydrogen) atoms. The number of amides is 1. The third-order valence-corrected chi connectivity index (χ3v) is 5.18. The largest absolute Gasteiger partial charge is 0.394 e. The lowest BCUT2D eigenvalue weighted by molar-refractivity contribution is -0.123. The molecule has 3 N–H and O–H groups in total.